The van der Waals surface area contributed by atoms with Gasteiger partial charge in [0.2, 0.25) is 0 Å². The van der Waals surface area contributed by atoms with Crippen LogP contribution < -0.4 is 10.0 Å². The van der Waals surface area contributed by atoms with E-state index in [1.165, 1.54) is 11.8 Å². The molecule has 2 N–H and O–H groups in total. The van der Waals surface area contributed by atoms with Crippen molar-refractivity contribution in [2.45, 2.75) is 32.5 Å². The quantitative estimate of drug-likeness (QED) is 0.647. The third kappa shape index (κ3) is 8.67. The van der Waals surface area contributed by atoms with Crippen LogP contribution in [0.3, 0.4) is 0 Å². The Labute approximate surface area is 106 Å². The zero-order valence-electron chi connectivity index (χ0n) is 10.7. The van der Waals surface area contributed by atoms with Gasteiger partial charge in [0.05, 0.1) is 0 Å². The van der Waals surface area contributed by atoms with E-state index in [2.05, 4.69) is 5.32 Å². The van der Waals surface area contributed by atoms with Crippen LogP contribution in [0.15, 0.2) is 0 Å². The summed E-state index contributed by atoms with van der Waals surface area (Å²) >= 11 is 0. The molecule has 0 bridgehead atoms. The molecule has 18 heavy (non-hydrogen) atoms. The van der Waals surface area contributed by atoms with Crippen LogP contribution >= 0.6 is 0 Å². The molecule has 9 heteroatoms. The lowest BCUT2D eigenvalue weighted by Gasteiger charge is -2.18. The van der Waals surface area contributed by atoms with Crippen molar-refractivity contribution in [1.82, 2.24) is 14.3 Å². The first-order valence-corrected chi connectivity index (χ1v) is 6.99. The van der Waals surface area contributed by atoms with Gasteiger partial charge < -0.3 is 5.32 Å². The predicted octanol–water partition coefficient (Wildman–Crippen LogP) is 0.703. The number of nitrogens with one attached hydrogen (secondary N) is 2. The average molecular weight is 291 g/mol. The SMILES string of the molecule is CC(C)NCCCN(C)S(=O)(=O)NCC(F)(F)F. The second-order valence-electron chi connectivity index (χ2n) is 4.23. The second kappa shape index (κ2) is 7.27. The number of hydrogen-bond acceptors (Lipinski definition) is 3. The maximum atomic E-state index is 11.9. The van der Waals surface area contributed by atoms with Gasteiger partial charge in [-0.25, -0.2) is 0 Å². The molecular weight excluding hydrogens is 271 g/mol. The van der Waals surface area contributed by atoms with E-state index in [9.17, 15) is 21.6 Å². The summed E-state index contributed by atoms with van der Waals surface area (Å²) in [6, 6.07) is 0.287. The molecule has 0 aliphatic carbocycles. The number of rotatable bonds is 8. The van der Waals surface area contributed by atoms with Crippen LogP contribution in [0.25, 0.3) is 0 Å². The number of halogens is 3. The lowest BCUT2D eigenvalue weighted by molar-refractivity contribution is -0.121. The Morgan fingerprint density at radius 2 is 1.83 bits per heavy atom. The standard InChI is InChI=1S/C9H20F3N3O2S/c1-8(2)13-5-4-6-15(3)18(16,17)14-7-9(10,11)12/h8,13-14H,4-7H2,1-3H3. The molecule has 0 aliphatic rings. The Bertz CT molecular complexity index is 330. The van der Waals surface area contributed by atoms with Gasteiger partial charge in [0, 0.05) is 19.6 Å². The molecule has 0 heterocycles. The normalized spacial score (nSPS) is 13.6. The van der Waals surface area contributed by atoms with Crippen LogP contribution in [0.2, 0.25) is 0 Å². The van der Waals surface area contributed by atoms with Crippen molar-refractivity contribution in [3.8, 4) is 0 Å². The minimum atomic E-state index is -4.55. The van der Waals surface area contributed by atoms with Crippen molar-refractivity contribution in [3.63, 3.8) is 0 Å². The molecule has 0 amide bonds. The Balaban J connectivity index is 4.03. The van der Waals surface area contributed by atoms with Crippen molar-refractivity contribution >= 4 is 10.2 Å². The van der Waals surface area contributed by atoms with Crippen LogP contribution in [-0.4, -0.2) is 51.6 Å². The first-order valence-electron chi connectivity index (χ1n) is 5.55. The zero-order chi connectivity index (χ0) is 14.4. The van der Waals surface area contributed by atoms with Crippen LogP contribution in [-0.2, 0) is 10.2 Å². The van der Waals surface area contributed by atoms with Crippen molar-refractivity contribution < 1.29 is 21.6 Å². The molecule has 0 saturated carbocycles. The Morgan fingerprint density at radius 3 is 2.28 bits per heavy atom. The zero-order valence-corrected chi connectivity index (χ0v) is 11.5. The molecule has 0 spiro atoms. The number of alkyl halides is 3. The molecule has 5 nitrogen and oxygen atoms in total. The predicted molar refractivity (Wildman–Crippen MR) is 63.4 cm³/mol. The molecule has 0 fully saturated rings. The molecule has 0 radical (unpaired) electrons. The molecule has 0 unspecified atom stereocenters. The summed E-state index contributed by atoms with van der Waals surface area (Å²) in [5, 5.41) is 3.09. The van der Waals surface area contributed by atoms with Gasteiger partial charge in [-0.1, -0.05) is 13.8 Å². The van der Waals surface area contributed by atoms with E-state index in [1.54, 1.807) is 0 Å². The summed E-state index contributed by atoms with van der Waals surface area (Å²) in [5.41, 5.74) is 0. The van der Waals surface area contributed by atoms with Gasteiger partial charge in [-0.05, 0) is 13.0 Å². The summed E-state index contributed by atoms with van der Waals surface area (Å²) in [6.45, 7) is 3.12. The lowest BCUT2D eigenvalue weighted by Crippen LogP contribution is -2.43. The summed E-state index contributed by atoms with van der Waals surface area (Å²) in [7, 11) is -2.81. The van der Waals surface area contributed by atoms with Crippen LogP contribution in [0, 0.1) is 0 Å². The highest BCUT2D eigenvalue weighted by Gasteiger charge is 2.30. The van der Waals surface area contributed by atoms with Crippen molar-refractivity contribution in [1.29, 1.82) is 0 Å². The Kier molecular flexibility index (Phi) is 7.11. The molecule has 0 atom stereocenters. The highest BCUT2D eigenvalue weighted by Crippen LogP contribution is 2.13. The minimum Gasteiger partial charge on any atom is -0.314 e. The molecular formula is C9H20F3N3O2S. The molecule has 0 aromatic rings. The van der Waals surface area contributed by atoms with Gasteiger partial charge in [-0.2, -0.15) is 30.6 Å². The van der Waals surface area contributed by atoms with E-state index in [4.69, 9.17) is 0 Å². The maximum absolute atomic E-state index is 11.9. The van der Waals surface area contributed by atoms with Gasteiger partial charge >= 0.3 is 6.18 Å². The van der Waals surface area contributed by atoms with E-state index in [-0.39, 0.29) is 12.6 Å². The van der Waals surface area contributed by atoms with Gasteiger partial charge in [0.1, 0.15) is 6.54 Å². The Hall–Kier alpha value is -0.380. The largest absolute Gasteiger partial charge is 0.402 e. The van der Waals surface area contributed by atoms with Crippen LogP contribution in [0.1, 0.15) is 20.3 Å². The van der Waals surface area contributed by atoms with Crippen molar-refractivity contribution in [2.24, 2.45) is 0 Å². The van der Waals surface area contributed by atoms with E-state index >= 15 is 0 Å². The van der Waals surface area contributed by atoms with E-state index in [1.807, 2.05) is 13.8 Å². The minimum absolute atomic E-state index is 0.160. The van der Waals surface area contributed by atoms with Crippen LogP contribution in [0.5, 0.6) is 0 Å². The van der Waals surface area contributed by atoms with E-state index in [0.29, 0.717) is 13.0 Å². The van der Waals surface area contributed by atoms with Crippen molar-refractivity contribution in [2.75, 3.05) is 26.7 Å². The molecule has 0 aliphatic heterocycles. The summed E-state index contributed by atoms with van der Waals surface area (Å²) < 4.78 is 60.8. The number of nitrogens with zero attached hydrogens (tertiary/aromatic N) is 1. The summed E-state index contributed by atoms with van der Waals surface area (Å²) in [4.78, 5) is 0. The van der Waals surface area contributed by atoms with Gasteiger partial charge in [0.25, 0.3) is 10.2 Å². The first kappa shape index (κ1) is 17.6. The van der Waals surface area contributed by atoms with Crippen molar-refractivity contribution in [3.05, 3.63) is 0 Å². The summed E-state index contributed by atoms with van der Waals surface area (Å²) in [6.07, 6.45) is -4.02. The monoisotopic (exact) mass is 291 g/mol. The maximum Gasteiger partial charge on any atom is 0.402 e. The highest BCUT2D eigenvalue weighted by molar-refractivity contribution is 7.87. The van der Waals surface area contributed by atoms with Gasteiger partial charge in [0.15, 0.2) is 0 Å². The smallest absolute Gasteiger partial charge is 0.314 e. The molecule has 110 valence electrons. The van der Waals surface area contributed by atoms with Gasteiger partial charge in [-0.3, -0.25) is 0 Å². The number of hydrogen-bond donors (Lipinski definition) is 2. The topological polar surface area (TPSA) is 61.4 Å². The second-order valence-corrected chi connectivity index (χ2v) is 6.09. The Morgan fingerprint density at radius 1 is 1.28 bits per heavy atom. The summed E-state index contributed by atoms with van der Waals surface area (Å²) in [5.74, 6) is 0. The average Bonchev–Trinajstić information content (AvgIpc) is 2.20. The molecule has 0 rings (SSSR count). The van der Waals surface area contributed by atoms with E-state index in [0.717, 1.165) is 4.31 Å². The molecule has 0 saturated heterocycles. The third-order valence-corrected chi connectivity index (χ3v) is 3.58. The fourth-order valence-electron chi connectivity index (χ4n) is 1.10. The fraction of sp³-hybridized carbons (Fsp3) is 1.00. The van der Waals surface area contributed by atoms with E-state index < -0.39 is 22.9 Å². The highest BCUT2D eigenvalue weighted by atomic mass is 32.2. The van der Waals surface area contributed by atoms with Crippen LogP contribution in [0.4, 0.5) is 13.2 Å². The molecule has 0 aromatic carbocycles. The molecule has 0 aromatic heterocycles. The fourth-order valence-corrected chi connectivity index (χ4v) is 2.03. The lowest BCUT2D eigenvalue weighted by atomic mass is 10.3. The first-order chi connectivity index (χ1) is 8.04. The third-order valence-electron chi connectivity index (χ3n) is 2.07. The van der Waals surface area contributed by atoms with Gasteiger partial charge in [-0.15, -0.1) is 0 Å².